The molecule has 0 aromatic carbocycles. The Hall–Kier alpha value is -1.14. The fraction of sp³-hybridized carbons (Fsp3) is 0.286. The molecule has 1 aromatic rings. The van der Waals surface area contributed by atoms with Gasteiger partial charge in [0.2, 0.25) is 0 Å². The minimum atomic E-state index is -4.24. The van der Waals surface area contributed by atoms with E-state index in [9.17, 15) is 13.2 Å². The SMILES string of the molecule is Cc1[nH]c(C=O)c(C)c1S(=O)(=O)O. The molecule has 0 bridgehead atoms. The Morgan fingerprint density at radius 1 is 1.38 bits per heavy atom. The van der Waals surface area contributed by atoms with E-state index in [2.05, 4.69) is 4.98 Å². The van der Waals surface area contributed by atoms with Gasteiger partial charge in [0.25, 0.3) is 10.1 Å². The van der Waals surface area contributed by atoms with Crippen LogP contribution < -0.4 is 0 Å². The number of carbonyl (C=O) groups excluding carboxylic acids is 1. The summed E-state index contributed by atoms with van der Waals surface area (Å²) in [6.45, 7) is 2.93. The summed E-state index contributed by atoms with van der Waals surface area (Å²) >= 11 is 0. The number of rotatable bonds is 2. The second-order valence-electron chi connectivity index (χ2n) is 2.71. The maximum atomic E-state index is 10.8. The molecule has 0 atom stereocenters. The minimum absolute atomic E-state index is 0.171. The Bertz CT molecular complexity index is 443. The summed E-state index contributed by atoms with van der Waals surface area (Å²) in [6, 6.07) is 0. The fourth-order valence-electron chi connectivity index (χ4n) is 1.26. The number of aromatic amines is 1. The number of aromatic nitrogens is 1. The minimum Gasteiger partial charge on any atom is -0.355 e. The normalized spacial score (nSPS) is 11.6. The molecule has 0 saturated heterocycles. The van der Waals surface area contributed by atoms with Crippen LogP contribution in [0.3, 0.4) is 0 Å². The van der Waals surface area contributed by atoms with E-state index in [1.165, 1.54) is 13.8 Å². The summed E-state index contributed by atoms with van der Waals surface area (Å²) in [7, 11) is -4.24. The molecule has 6 heteroatoms. The third-order valence-corrected chi connectivity index (χ3v) is 2.91. The highest BCUT2D eigenvalue weighted by Crippen LogP contribution is 2.21. The zero-order chi connectivity index (χ0) is 10.2. The number of aldehydes is 1. The molecule has 72 valence electrons. The van der Waals surface area contributed by atoms with Gasteiger partial charge in [0.05, 0.1) is 5.69 Å². The van der Waals surface area contributed by atoms with Gasteiger partial charge in [-0.2, -0.15) is 8.42 Å². The topological polar surface area (TPSA) is 87.2 Å². The van der Waals surface area contributed by atoms with E-state index < -0.39 is 10.1 Å². The van der Waals surface area contributed by atoms with Crippen LogP contribution in [0.5, 0.6) is 0 Å². The molecule has 1 rings (SSSR count). The number of aryl methyl sites for hydroxylation is 1. The molecule has 1 aromatic heterocycles. The van der Waals surface area contributed by atoms with Crippen LogP contribution in [0.15, 0.2) is 4.90 Å². The van der Waals surface area contributed by atoms with Crippen molar-refractivity contribution in [2.24, 2.45) is 0 Å². The molecular weight excluding hydrogens is 194 g/mol. The van der Waals surface area contributed by atoms with Crippen molar-refractivity contribution in [2.45, 2.75) is 18.7 Å². The van der Waals surface area contributed by atoms with E-state index in [0.29, 0.717) is 6.29 Å². The molecule has 5 nitrogen and oxygen atoms in total. The van der Waals surface area contributed by atoms with Crippen molar-refractivity contribution in [1.29, 1.82) is 0 Å². The Morgan fingerprint density at radius 3 is 2.15 bits per heavy atom. The second-order valence-corrected chi connectivity index (χ2v) is 4.07. The van der Waals surface area contributed by atoms with E-state index in [1.807, 2.05) is 0 Å². The lowest BCUT2D eigenvalue weighted by molar-refractivity contribution is 0.111. The monoisotopic (exact) mass is 203 g/mol. The predicted octanol–water partition coefficient (Wildman–Crippen LogP) is 0.691. The summed E-state index contributed by atoms with van der Waals surface area (Å²) < 4.78 is 30.4. The van der Waals surface area contributed by atoms with E-state index in [4.69, 9.17) is 4.55 Å². The Labute approximate surface area is 75.5 Å². The first-order valence-corrected chi connectivity index (χ1v) is 4.93. The number of hydrogen-bond donors (Lipinski definition) is 2. The van der Waals surface area contributed by atoms with E-state index >= 15 is 0 Å². The standard InChI is InChI=1S/C7H9NO4S/c1-4-6(3-9)8-5(2)7(4)13(10,11)12/h3,8H,1-2H3,(H,10,11,12). The molecule has 2 N–H and O–H groups in total. The summed E-state index contributed by atoms with van der Waals surface area (Å²) in [4.78, 5) is 12.8. The molecule has 0 radical (unpaired) electrons. The van der Waals surface area contributed by atoms with E-state index in [0.717, 1.165) is 0 Å². The average Bonchev–Trinajstić information content (AvgIpc) is 2.24. The number of hydrogen-bond acceptors (Lipinski definition) is 3. The number of H-pyrrole nitrogens is 1. The van der Waals surface area contributed by atoms with Crippen molar-refractivity contribution in [3.05, 3.63) is 17.0 Å². The van der Waals surface area contributed by atoms with Crippen LogP contribution in [0, 0.1) is 13.8 Å². The highest BCUT2D eigenvalue weighted by atomic mass is 32.2. The molecule has 0 amide bonds. The van der Waals surface area contributed by atoms with Gasteiger partial charge in [-0.15, -0.1) is 0 Å². The van der Waals surface area contributed by atoms with Crippen molar-refractivity contribution in [1.82, 2.24) is 4.98 Å². The van der Waals surface area contributed by atoms with Crippen molar-refractivity contribution in [2.75, 3.05) is 0 Å². The van der Waals surface area contributed by atoms with Crippen LogP contribution in [0.4, 0.5) is 0 Å². The van der Waals surface area contributed by atoms with Gasteiger partial charge in [-0.25, -0.2) is 0 Å². The first-order valence-electron chi connectivity index (χ1n) is 3.49. The van der Waals surface area contributed by atoms with Crippen molar-refractivity contribution >= 4 is 16.4 Å². The quantitative estimate of drug-likeness (QED) is 0.546. The molecule has 0 fully saturated rings. The summed E-state index contributed by atoms with van der Waals surface area (Å²) in [5.74, 6) is 0. The van der Waals surface area contributed by atoms with Gasteiger partial charge in [-0.05, 0) is 19.4 Å². The van der Waals surface area contributed by atoms with Crippen LogP contribution in [0.1, 0.15) is 21.7 Å². The lowest BCUT2D eigenvalue weighted by Gasteiger charge is -1.95. The van der Waals surface area contributed by atoms with E-state index in [-0.39, 0.29) is 21.8 Å². The summed E-state index contributed by atoms with van der Waals surface area (Å²) in [6.07, 6.45) is 0.511. The lowest BCUT2D eigenvalue weighted by Crippen LogP contribution is -2.00. The highest BCUT2D eigenvalue weighted by molar-refractivity contribution is 7.86. The van der Waals surface area contributed by atoms with Gasteiger partial charge >= 0.3 is 0 Å². The maximum absolute atomic E-state index is 10.8. The number of carbonyl (C=O) groups is 1. The molecule has 0 saturated carbocycles. The first kappa shape index (κ1) is 9.94. The van der Waals surface area contributed by atoms with Gasteiger partial charge in [0.15, 0.2) is 6.29 Å². The van der Waals surface area contributed by atoms with Crippen LogP contribution in [-0.4, -0.2) is 24.2 Å². The smallest absolute Gasteiger partial charge is 0.296 e. The fourth-order valence-corrected chi connectivity index (χ4v) is 2.20. The summed E-state index contributed by atoms with van der Waals surface area (Å²) in [5, 5.41) is 0. The largest absolute Gasteiger partial charge is 0.355 e. The predicted molar refractivity (Wildman–Crippen MR) is 45.5 cm³/mol. The molecule has 0 spiro atoms. The van der Waals surface area contributed by atoms with Crippen molar-refractivity contribution in [3.63, 3.8) is 0 Å². The zero-order valence-electron chi connectivity index (χ0n) is 7.16. The zero-order valence-corrected chi connectivity index (χ0v) is 7.97. The second kappa shape index (κ2) is 2.97. The molecular formula is C7H9NO4S. The van der Waals surface area contributed by atoms with Crippen LogP contribution in [0.25, 0.3) is 0 Å². The van der Waals surface area contributed by atoms with Gasteiger partial charge in [-0.1, -0.05) is 0 Å². The average molecular weight is 203 g/mol. The van der Waals surface area contributed by atoms with Gasteiger partial charge in [0, 0.05) is 5.69 Å². The number of nitrogens with one attached hydrogen (secondary N) is 1. The Balaban J connectivity index is 3.56. The van der Waals surface area contributed by atoms with Crippen LogP contribution in [0.2, 0.25) is 0 Å². The Kier molecular flexibility index (Phi) is 2.27. The van der Waals surface area contributed by atoms with Gasteiger partial charge in [-0.3, -0.25) is 9.35 Å². The molecule has 0 aliphatic rings. The third kappa shape index (κ3) is 1.63. The van der Waals surface area contributed by atoms with Crippen LogP contribution in [-0.2, 0) is 10.1 Å². The molecule has 0 unspecified atom stereocenters. The van der Waals surface area contributed by atoms with Crippen molar-refractivity contribution < 1.29 is 17.8 Å². The molecule has 0 aliphatic heterocycles. The van der Waals surface area contributed by atoms with Crippen LogP contribution >= 0.6 is 0 Å². The lowest BCUT2D eigenvalue weighted by atomic mass is 10.3. The van der Waals surface area contributed by atoms with Gasteiger partial charge in [0.1, 0.15) is 4.90 Å². The highest BCUT2D eigenvalue weighted by Gasteiger charge is 2.20. The first-order chi connectivity index (χ1) is 5.88. The summed E-state index contributed by atoms with van der Waals surface area (Å²) in [5.41, 5.74) is 0.683. The van der Waals surface area contributed by atoms with Crippen molar-refractivity contribution in [3.8, 4) is 0 Å². The third-order valence-electron chi connectivity index (χ3n) is 1.78. The molecule has 13 heavy (non-hydrogen) atoms. The molecule has 0 aliphatic carbocycles. The Morgan fingerprint density at radius 2 is 1.92 bits per heavy atom. The maximum Gasteiger partial charge on any atom is 0.296 e. The molecule has 1 heterocycles. The van der Waals surface area contributed by atoms with Gasteiger partial charge < -0.3 is 4.98 Å². The van der Waals surface area contributed by atoms with E-state index in [1.54, 1.807) is 0 Å².